The molecule has 0 aliphatic rings. The Hall–Kier alpha value is -1.26. The maximum atomic E-state index is 6.50. The molecule has 1 aromatic heterocycles. The second kappa shape index (κ2) is 1.69. The summed E-state index contributed by atoms with van der Waals surface area (Å²) in [5.74, 6) is 0.352. The molecule has 1 heterocycles. The molecular formula is C3H5N5. The number of hydrogen-bond donors (Lipinski definition) is 2. The molecule has 0 atom stereocenters. The van der Waals surface area contributed by atoms with Crippen molar-refractivity contribution in [3.05, 3.63) is 5.69 Å². The quantitative estimate of drug-likeness (QED) is 0.525. The third-order valence-electron chi connectivity index (χ3n) is 0.803. The topological polar surface area (TPSA) is 77.8 Å². The first-order chi connectivity index (χ1) is 3.84. The Morgan fingerprint density at radius 1 is 1.62 bits per heavy atom. The third kappa shape index (κ3) is 0.575. The standard InChI is InChI=1S/C3H5N5/c1-2-3(5-4)7-8-6-2/h4H,1H3,(H,6,7,8). The molecule has 0 aromatic carbocycles. The van der Waals surface area contributed by atoms with Crippen LogP contribution in [0.2, 0.25) is 0 Å². The average Bonchev–Trinajstić information content (AvgIpc) is 2.14. The average molecular weight is 111 g/mol. The molecule has 1 rings (SSSR count). The first kappa shape index (κ1) is 4.89. The molecule has 0 radical (unpaired) electrons. The number of aryl methyl sites for hydroxylation is 1. The Morgan fingerprint density at radius 2 is 2.38 bits per heavy atom. The van der Waals surface area contributed by atoms with E-state index in [2.05, 4.69) is 20.5 Å². The summed E-state index contributed by atoms with van der Waals surface area (Å²) in [4.78, 5) is 0. The normalized spacial score (nSPS) is 9.12. The van der Waals surface area contributed by atoms with Gasteiger partial charge in [-0.15, -0.1) is 10.2 Å². The van der Waals surface area contributed by atoms with Crippen LogP contribution in [-0.4, -0.2) is 15.4 Å². The van der Waals surface area contributed by atoms with Crippen LogP contribution in [0.4, 0.5) is 5.82 Å². The lowest BCUT2D eigenvalue weighted by Gasteiger charge is -1.75. The maximum Gasteiger partial charge on any atom is 0.217 e. The van der Waals surface area contributed by atoms with Crippen LogP contribution in [0.5, 0.6) is 0 Å². The van der Waals surface area contributed by atoms with Crippen LogP contribution in [0.1, 0.15) is 5.69 Å². The lowest BCUT2D eigenvalue weighted by atomic mass is 10.5. The smallest absolute Gasteiger partial charge is 0.203 e. The first-order valence-corrected chi connectivity index (χ1v) is 2.09. The van der Waals surface area contributed by atoms with Gasteiger partial charge in [0, 0.05) is 0 Å². The molecular weight excluding hydrogens is 106 g/mol. The molecule has 0 aliphatic heterocycles. The molecule has 0 unspecified atom stereocenters. The van der Waals surface area contributed by atoms with E-state index in [0.717, 1.165) is 0 Å². The van der Waals surface area contributed by atoms with Crippen molar-refractivity contribution in [1.82, 2.24) is 15.4 Å². The van der Waals surface area contributed by atoms with Crippen molar-refractivity contribution in [2.75, 3.05) is 0 Å². The molecule has 0 saturated heterocycles. The first-order valence-electron chi connectivity index (χ1n) is 2.09. The van der Waals surface area contributed by atoms with Gasteiger partial charge in [-0.2, -0.15) is 10.3 Å². The number of rotatable bonds is 1. The summed E-state index contributed by atoms with van der Waals surface area (Å²) in [6.45, 7) is 1.73. The highest BCUT2D eigenvalue weighted by Gasteiger charge is 1.96. The maximum absolute atomic E-state index is 6.50. The van der Waals surface area contributed by atoms with Gasteiger partial charge < -0.3 is 0 Å². The molecule has 0 saturated carbocycles. The second-order valence-electron chi connectivity index (χ2n) is 1.34. The van der Waals surface area contributed by atoms with E-state index in [1.165, 1.54) is 0 Å². The zero-order chi connectivity index (χ0) is 5.98. The fourth-order valence-corrected chi connectivity index (χ4v) is 0.384. The number of aromatic nitrogens is 3. The van der Waals surface area contributed by atoms with E-state index < -0.39 is 0 Å². The van der Waals surface area contributed by atoms with Gasteiger partial charge in [-0.25, -0.2) is 5.53 Å². The molecule has 1 aromatic rings. The van der Waals surface area contributed by atoms with Crippen molar-refractivity contribution in [3.8, 4) is 0 Å². The summed E-state index contributed by atoms with van der Waals surface area (Å²) in [7, 11) is 0. The molecule has 0 spiro atoms. The molecule has 42 valence electrons. The van der Waals surface area contributed by atoms with Crippen molar-refractivity contribution < 1.29 is 0 Å². The Morgan fingerprint density at radius 3 is 2.62 bits per heavy atom. The fourth-order valence-electron chi connectivity index (χ4n) is 0.384. The number of hydrogen-bond acceptors (Lipinski definition) is 4. The van der Waals surface area contributed by atoms with Gasteiger partial charge in [-0.1, -0.05) is 0 Å². The Bertz CT molecular complexity index is 189. The Labute approximate surface area is 45.6 Å². The van der Waals surface area contributed by atoms with Crippen LogP contribution in [-0.2, 0) is 0 Å². The zero-order valence-corrected chi connectivity index (χ0v) is 4.34. The molecule has 0 bridgehead atoms. The summed E-state index contributed by atoms with van der Waals surface area (Å²) in [6.07, 6.45) is 0. The molecule has 2 N–H and O–H groups in total. The fraction of sp³-hybridized carbons (Fsp3) is 0.333. The Balaban J connectivity index is 3.09. The lowest BCUT2D eigenvalue weighted by molar-refractivity contribution is 0.923. The zero-order valence-electron chi connectivity index (χ0n) is 4.34. The summed E-state index contributed by atoms with van der Waals surface area (Å²) < 4.78 is 0. The van der Waals surface area contributed by atoms with Crippen molar-refractivity contribution in [3.63, 3.8) is 0 Å². The van der Waals surface area contributed by atoms with Crippen LogP contribution in [0.15, 0.2) is 5.11 Å². The van der Waals surface area contributed by atoms with Crippen LogP contribution >= 0.6 is 0 Å². The number of aromatic amines is 1. The summed E-state index contributed by atoms with van der Waals surface area (Å²) in [5.41, 5.74) is 7.16. The van der Waals surface area contributed by atoms with Gasteiger partial charge in [-0.05, 0) is 6.92 Å². The molecule has 0 fully saturated rings. The summed E-state index contributed by atoms with van der Waals surface area (Å²) in [6, 6.07) is 0. The highest BCUT2D eigenvalue weighted by atomic mass is 15.4. The van der Waals surface area contributed by atoms with Gasteiger partial charge in [0.1, 0.15) is 5.69 Å². The minimum absolute atomic E-state index is 0.352. The van der Waals surface area contributed by atoms with E-state index in [9.17, 15) is 0 Å². The van der Waals surface area contributed by atoms with Gasteiger partial charge in [0.05, 0.1) is 0 Å². The number of nitrogens with zero attached hydrogens (tertiary/aromatic N) is 3. The molecule has 5 heteroatoms. The van der Waals surface area contributed by atoms with E-state index in [1.54, 1.807) is 6.92 Å². The van der Waals surface area contributed by atoms with Crippen LogP contribution in [0.25, 0.3) is 0 Å². The molecule has 5 nitrogen and oxygen atoms in total. The van der Waals surface area contributed by atoms with Gasteiger partial charge in [0.25, 0.3) is 0 Å². The highest BCUT2D eigenvalue weighted by molar-refractivity contribution is 5.27. The summed E-state index contributed by atoms with van der Waals surface area (Å²) >= 11 is 0. The number of H-pyrrole nitrogens is 1. The van der Waals surface area contributed by atoms with Gasteiger partial charge in [-0.3, -0.25) is 0 Å². The van der Waals surface area contributed by atoms with Gasteiger partial charge >= 0.3 is 0 Å². The molecule has 8 heavy (non-hydrogen) atoms. The van der Waals surface area contributed by atoms with Crippen LogP contribution < -0.4 is 0 Å². The van der Waals surface area contributed by atoms with Crippen molar-refractivity contribution in [2.45, 2.75) is 6.92 Å². The predicted molar refractivity (Wildman–Crippen MR) is 25.9 cm³/mol. The SMILES string of the molecule is Cc1n[nH]nc1N=N. The second-order valence-corrected chi connectivity index (χ2v) is 1.34. The van der Waals surface area contributed by atoms with Crippen molar-refractivity contribution in [1.29, 1.82) is 5.53 Å². The monoisotopic (exact) mass is 111 g/mol. The third-order valence-corrected chi connectivity index (χ3v) is 0.803. The van der Waals surface area contributed by atoms with E-state index in [-0.39, 0.29) is 0 Å². The molecule has 0 aliphatic carbocycles. The number of nitrogens with one attached hydrogen (secondary N) is 2. The van der Waals surface area contributed by atoms with E-state index in [0.29, 0.717) is 11.5 Å². The van der Waals surface area contributed by atoms with Crippen molar-refractivity contribution >= 4 is 5.82 Å². The minimum atomic E-state index is 0.352. The van der Waals surface area contributed by atoms with Gasteiger partial charge in [0.15, 0.2) is 0 Å². The highest BCUT2D eigenvalue weighted by Crippen LogP contribution is 2.07. The predicted octanol–water partition coefficient (Wildman–Crippen LogP) is 0.776. The van der Waals surface area contributed by atoms with Crippen LogP contribution in [0.3, 0.4) is 0 Å². The van der Waals surface area contributed by atoms with Gasteiger partial charge in [0.2, 0.25) is 5.82 Å². The van der Waals surface area contributed by atoms with Crippen LogP contribution in [0, 0.1) is 12.5 Å². The van der Waals surface area contributed by atoms with E-state index in [4.69, 9.17) is 5.53 Å². The summed E-state index contributed by atoms with van der Waals surface area (Å²) in [5, 5.41) is 12.6. The minimum Gasteiger partial charge on any atom is -0.203 e. The van der Waals surface area contributed by atoms with Crippen molar-refractivity contribution in [2.24, 2.45) is 5.11 Å². The van der Waals surface area contributed by atoms with E-state index >= 15 is 0 Å². The largest absolute Gasteiger partial charge is 0.217 e. The van der Waals surface area contributed by atoms with E-state index in [1.807, 2.05) is 0 Å². The Kier molecular flexibility index (Phi) is 1.03. The lowest BCUT2D eigenvalue weighted by Crippen LogP contribution is -1.67. The molecule has 0 amide bonds.